The zero-order valence-corrected chi connectivity index (χ0v) is 16.2. The van der Waals surface area contributed by atoms with Crippen LogP contribution in [0.5, 0.6) is 17.2 Å². The van der Waals surface area contributed by atoms with Gasteiger partial charge >= 0.3 is 0 Å². The molecule has 2 aliphatic heterocycles. The maximum absolute atomic E-state index is 10.4. The van der Waals surface area contributed by atoms with Gasteiger partial charge in [0.05, 0.1) is 18.9 Å². The minimum absolute atomic E-state index is 0.0121. The molecule has 2 atom stereocenters. The third kappa shape index (κ3) is 2.88. The summed E-state index contributed by atoms with van der Waals surface area (Å²) < 4.78 is 12.0. The number of hydrogen-bond donors (Lipinski definition) is 1. The number of phenols is 1. The van der Waals surface area contributed by atoms with Crippen molar-refractivity contribution in [1.29, 1.82) is 0 Å². The molecule has 1 N–H and O–H groups in total. The van der Waals surface area contributed by atoms with Crippen molar-refractivity contribution in [3.63, 3.8) is 0 Å². The molecule has 0 spiro atoms. The molecule has 0 aliphatic carbocycles. The Labute approximate surface area is 169 Å². The largest absolute Gasteiger partial charge is 0.507 e. The summed E-state index contributed by atoms with van der Waals surface area (Å²) in [6.07, 6.45) is 3.76. The van der Waals surface area contributed by atoms with Crippen molar-refractivity contribution in [2.45, 2.75) is 25.6 Å². The summed E-state index contributed by atoms with van der Waals surface area (Å²) >= 11 is 0. The molecule has 6 heteroatoms. The summed E-state index contributed by atoms with van der Waals surface area (Å²) in [6, 6.07) is 15.4. The van der Waals surface area contributed by atoms with Gasteiger partial charge in [0.1, 0.15) is 5.75 Å². The van der Waals surface area contributed by atoms with E-state index in [0.29, 0.717) is 12.2 Å². The highest BCUT2D eigenvalue weighted by molar-refractivity contribution is 6.04. The van der Waals surface area contributed by atoms with Gasteiger partial charge in [0.15, 0.2) is 11.5 Å². The van der Waals surface area contributed by atoms with E-state index in [9.17, 15) is 5.11 Å². The average Bonchev–Trinajstić information content (AvgIpc) is 3.20. The summed E-state index contributed by atoms with van der Waals surface area (Å²) in [6.45, 7) is 2.01. The van der Waals surface area contributed by atoms with Gasteiger partial charge in [0.25, 0.3) is 0 Å². The Hall–Kier alpha value is -3.54. The predicted molar refractivity (Wildman–Crippen MR) is 109 cm³/mol. The molecule has 0 saturated heterocycles. The number of methoxy groups -OCH3 is 1. The molecule has 0 saturated carbocycles. The molecular weight excluding hydrogens is 366 g/mol. The van der Waals surface area contributed by atoms with Crippen LogP contribution in [-0.4, -0.2) is 27.9 Å². The van der Waals surface area contributed by atoms with Crippen LogP contribution in [0, 0.1) is 6.92 Å². The molecule has 146 valence electrons. The highest BCUT2D eigenvalue weighted by Gasteiger charge is 2.42. The van der Waals surface area contributed by atoms with Crippen LogP contribution in [0.3, 0.4) is 0 Å². The van der Waals surface area contributed by atoms with Gasteiger partial charge in [-0.25, -0.2) is 5.01 Å². The zero-order chi connectivity index (χ0) is 20.0. The number of aromatic nitrogens is 1. The van der Waals surface area contributed by atoms with Crippen LogP contribution in [0.4, 0.5) is 0 Å². The lowest BCUT2D eigenvalue weighted by Crippen LogP contribution is -2.33. The van der Waals surface area contributed by atoms with E-state index in [-0.39, 0.29) is 11.8 Å². The first-order chi connectivity index (χ1) is 14.2. The van der Waals surface area contributed by atoms with Gasteiger partial charge in [-0.15, -0.1) is 0 Å². The number of aromatic hydroxyl groups is 1. The fourth-order valence-corrected chi connectivity index (χ4v) is 4.04. The average molecular weight is 387 g/mol. The number of hydrogen-bond acceptors (Lipinski definition) is 6. The number of aryl methyl sites for hydroxylation is 1. The standard InChI is InChI=1S/C23H21N3O3/c1-14-6-7-20(27)17(12-14)18-13-19-16-4-3-5-21(28-2)22(16)29-23(26(19)25-18)15-8-10-24-11-9-15/h3-12,19,23,27H,13H2,1-2H3/t19-,23+/m0/s1. The van der Waals surface area contributed by atoms with Gasteiger partial charge in [-0.3, -0.25) is 4.98 Å². The van der Waals surface area contributed by atoms with Crippen LogP contribution in [0.15, 0.2) is 66.0 Å². The zero-order valence-electron chi connectivity index (χ0n) is 16.2. The van der Waals surface area contributed by atoms with Crippen molar-refractivity contribution in [3.05, 3.63) is 83.2 Å². The molecule has 5 rings (SSSR count). The van der Waals surface area contributed by atoms with Crippen molar-refractivity contribution in [1.82, 2.24) is 9.99 Å². The SMILES string of the molecule is COc1cccc2c1O[C@H](c1ccncc1)N1N=C(c3cc(C)ccc3O)C[C@@H]21. The van der Waals surface area contributed by atoms with Crippen LogP contribution in [0.25, 0.3) is 0 Å². The normalized spacial score (nSPS) is 19.8. The Morgan fingerprint density at radius 1 is 1.14 bits per heavy atom. The van der Waals surface area contributed by atoms with Crippen molar-refractivity contribution in [2.75, 3.05) is 7.11 Å². The number of rotatable bonds is 3. The Balaban J connectivity index is 1.64. The van der Waals surface area contributed by atoms with Crippen molar-refractivity contribution in [2.24, 2.45) is 5.10 Å². The van der Waals surface area contributed by atoms with Crippen molar-refractivity contribution in [3.8, 4) is 17.2 Å². The molecule has 1 aromatic heterocycles. The number of para-hydroxylation sites is 1. The van der Waals surface area contributed by atoms with Crippen LogP contribution < -0.4 is 9.47 Å². The number of pyridine rings is 1. The van der Waals surface area contributed by atoms with E-state index in [1.54, 1.807) is 25.6 Å². The van der Waals surface area contributed by atoms with Gasteiger partial charge in [-0.05, 0) is 37.3 Å². The van der Waals surface area contributed by atoms with Crippen molar-refractivity contribution >= 4 is 5.71 Å². The second-order valence-corrected chi connectivity index (χ2v) is 7.30. The molecule has 3 aromatic rings. The summed E-state index contributed by atoms with van der Waals surface area (Å²) in [7, 11) is 1.65. The molecule has 3 heterocycles. The second kappa shape index (κ2) is 6.81. The molecule has 0 amide bonds. The van der Waals surface area contributed by atoms with E-state index in [2.05, 4.69) is 4.98 Å². The smallest absolute Gasteiger partial charge is 0.214 e. The highest BCUT2D eigenvalue weighted by atomic mass is 16.5. The van der Waals surface area contributed by atoms with E-state index in [4.69, 9.17) is 14.6 Å². The highest BCUT2D eigenvalue weighted by Crippen LogP contribution is 2.50. The van der Waals surface area contributed by atoms with Crippen LogP contribution in [0.1, 0.15) is 40.9 Å². The summed E-state index contributed by atoms with van der Waals surface area (Å²) in [5.74, 6) is 1.68. The van der Waals surface area contributed by atoms with Crippen LogP contribution >= 0.6 is 0 Å². The number of fused-ring (bicyclic) bond motifs is 3. The first kappa shape index (κ1) is 17.6. The topological polar surface area (TPSA) is 67.2 Å². The quantitative estimate of drug-likeness (QED) is 0.724. The summed E-state index contributed by atoms with van der Waals surface area (Å²) in [5, 5.41) is 17.3. The molecule has 2 aromatic carbocycles. The van der Waals surface area contributed by atoms with Crippen molar-refractivity contribution < 1.29 is 14.6 Å². The van der Waals surface area contributed by atoms with Crippen LogP contribution in [0.2, 0.25) is 0 Å². The molecule has 2 aliphatic rings. The third-order valence-corrected chi connectivity index (χ3v) is 5.45. The molecule has 0 fully saturated rings. The molecule has 0 radical (unpaired) electrons. The third-order valence-electron chi connectivity index (χ3n) is 5.45. The molecule has 0 bridgehead atoms. The Morgan fingerprint density at radius 2 is 1.97 bits per heavy atom. The second-order valence-electron chi connectivity index (χ2n) is 7.30. The minimum atomic E-state index is -0.406. The lowest BCUT2D eigenvalue weighted by Gasteiger charge is -2.38. The fourth-order valence-electron chi connectivity index (χ4n) is 4.04. The lowest BCUT2D eigenvalue weighted by molar-refractivity contribution is -0.0209. The number of hydrazone groups is 1. The van der Waals surface area contributed by atoms with Gasteiger partial charge in [-0.1, -0.05) is 23.8 Å². The number of phenolic OH excluding ortho intramolecular Hbond substituents is 1. The maximum atomic E-state index is 10.4. The fraction of sp³-hybridized carbons (Fsp3) is 0.217. The van der Waals surface area contributed by atoms with Gasteiger partial charge < -0.3 is 14.6 Å². The molecule has 6 nitrogen and oxygen atoms in total. The monoisotopic (exact) mass is 387 g/mol. The van der Waals surface area contributed by atoms with E-state index in [0.717, 1.165) is 33.7 Å². The maximum Gasteiger partial charge on any atom is 0.214 e. The van der Waals surface area contributed by atoms with Crippen LogP contribution in [-0.2, 0) is 0 Å². The number of benzene rings is 2. The van der Waals surface area contributed by atoms with Gasteiger partial charge in [-0.2, -0.15) is 5.10 Å². The predicted octanol–water partition coefficient (Wildman–Crippen LogP) is 4.35. The van der Waals surface area contributed by atoms with E-state index >= 15 is 0 Å². The Morgan fingerprint density at radius 3 is 2.76 bits per heavy atom. The Bertz CT molecular complexity index is 1100. The molecule has 29 heavy (non-hydrogen) atoms. The van der Waals surface area contributed by atoms with Gasteiger partial charge in [0, 0.05) is 35.5 Å². The van der Waals surface area contributed by atoms with E-state index in [1.165, 1.54) is 0 Å². The number of ether oxygens (including phenoxy) is 2. The molecule has 0 unspecified atom stereocenters. The first-order valence-electron chi connectivity index (χ1n) is 9.55. The first-order valence-corrected chi connectivity index (χ1v) is 9.55. The van der Waals surface area contributed by atoms with E-state index in [1.807, 2.05) is 54.4 Å². The Kier molecular flexibility index (Phi) is 4.12. The van der Waals surface area contributed by atoms with E-state index < -0.39 is 6.23 Å². The number of nitrogens with zero attached hydrogens (tertiary/aromatic N) is 3. The summed E-state index contributed by atoms with van der Waals surface area (Å²) in [4.78, 5) is 4.12. The van der Waals surface area contributed by atoms with Gasteiger partial charge in [0.2, 0.25) is 6.23 Å². The summed E-state index contributed by atoms with van der Waals surface area (Å²) in [5.41, 5.74) is 4.67. The minimum Gasteiger partial charge on any atom is -0.507 e. The molecular formula is C23H21N3O3. The lowest BCUT2D eigenvalue weighted by atomic mass is 9.95.